The molecule has 1 aliphatic heterocycles. The van der Waals surface area contributed by atoms with Crippen LogP contribution in [0.2, 0.25) is 0 Å². The van der Waals surface area contributed by atoms with Gasteiger partial charge < -0.3 is 20.1 Å². The number of H-pyrrole nitrogens is 1. The number of aryl methyl sites for hydroxylation is 1. The van der Waals surface area contributed by atoms with E-state index in [-0.39, 0.29) is 12.4 Å². The predicted molar refractivity (Wildman–Crippen MR) is 90.9 cm³/mol. The lowest BCUT2D eigenvalue weighted by atomic mass is 10.1. The number of piperidine rings is 1. The Balaban J connectivity index is 0.00000156. The SMILES string of the molecule is Cc1noc(-c2cnc3[nH]ccc3c2NC2CCCNC2)n1.Cl. The first-order chi connectivity index (χ1) is 10.8. The molecule has 122 valence electrons. The minimum absolute atomic E-state index is 0. The first-order valence-corrected chi connectivity index (χ1v) is 7.55. The minimum atomic E-state index is 0. The molecule has 3 aromatic heterocycles. The Morgan fingerprint density at radius 3 is 3.04 bits per heavy atom. The average molecular weight is 335 g/mol. The standard InChI is InChI=1S/C15H18N6O.ClH/c1-9-19-15(22-21-9)12-8-18-14-11(4-6-17-14)13(12)20-10-3-2-5-16-7-10;/h4,6,8,10,16H,2-3,5,7H2,1H3,(H2,17,18,20);1H. The number of nitrogens with one attached hydrogen (secondary N) is 3. The topological polar surface area (TPSA) is 91.7 Å². The molecule has 8 heteroatoms. The summed E-state index contributed by atoms with van der Waals surface area (Å²) in [5.41, 5.74) is 2.70. The zero-order valence-corrected chi connectivity index (χ0v) is 13.6. The van der Waals surface area contributed by atoms with E-state index in [0.29, 0.717) is 17.8 Å². The van der Waals surface area contributed by atoms with Crippen LogP contribution >= 0.6 is 12.4 Å². The fourth-order valence-electron chi connectivity index (χ4n) is 2.91. The van der Waals surface area contributed by atoms with Gasteiger partial charge in [0.1, 0.15) is 5.65 Å². The third-order valence-corrected chi connectivity index (χ3v) is 3.99. The van der Waals surface area contributed by atoms with Crippen molar-refractivity contribution in [3.63, 3.8) is 0 Å². The van der Waals surface area contributed by atoms with Gasteiger partial charge in [-0.3, -0.25) is 0 Å². The molecule has 1 atom stereocenters. The van der Waals surface area contributed by atoms with Crippen LogP contribution in [0.5, 0.6) is 0 Å². The van der Waals surface area contributed by atoms with Crippen molar-refractivity contribution in [3.05, 3.63) is 24.3 Å². The molecule has 1 aliphatic rings. The maximum Gasteiger partial charge on any atom is 0.261 e. The highest BCUT2D eigenvalue weighted by Gasteiger charge is 2.20. The van der Waals surface area contributed by atoms with Crippen molar-refractivity contribution >= 4 is 29.1 Å². The van der Waals surface area contributed by atoms with Gasteiger partial charge in [-0.2, -0.15) is 4.98 Å². The summed E-state index contributed by atoms with van der Waals surface area (Å²) in [7, 11) is 0. The number of fused-ring (bicyclic) bond motifs is 1. The van der Waals surface area contributed by atoms with Crippen LogP contribution in [0.4, 0.5) is 5.69 Å². The van der Waals surface area contributed by atoms with Crippen LogP contribution in [0.3, 0.4) is 0 Å². The van der Waals surface area contributed by atoms with Crippen molar-refractivity contribution < 1.29 is 4.52 Å². The molecule has 3 N–H and O–H groups in total. The maximum absolute atomic E-state index is 5.34. The van der Waals surface area contributed by atoms with Crippen molar-refractivity contribution in [2.45, 2.75) is 25.8 Å². The molecule has 0 bridgehead atoms. The lowest BCUT2D eigenvalue weighted by Crippen LogP contribution is -2.38. The normalized spacial score (nSPS) is 17.9. The summed E-state index contributed by atoms with van der Waals surface area (Å²) in [6, 6.07) is 2.41. The van der Waals surface area contributed by atoms with Crippen molar-refractivity contribution in [3.8, 4) is 11.5 Å². The van der Waals surface area contributed by atoms with E-state index in [2.05, 4.69) is 30.7 Å². The van der Waals surface area contributed by atoms with Gasteiger partial charge in [-0.25, -0.2) is 4.98 Å². The fraction of sp³-hybridized carbons (Fsp3) is 0.400. The molecule has 23 heavy (non-hydrogen) atoms. The first kappa shape index (κ1) is 15.8. The highest BCUT2D eigenvalue weighted by molar-refractivity contribution is 5.97. The first-order valence-electron chi connectivity index (χ1n) is 7.55. The summed E-state index contributed by atoms with van der Waals surface area (Å²) in [5.74, 6) is 1.12. The number of anilines is 1. The molecule has 0 spiro atoms. The van der Waals surface area contributed by atoms with Gasteiger partial charge in [-0.05, 0) is 32.4 Å². The smallest absolute Gasteiger partial charge is 0.261 e. The third-order valence-electron chi connectivity index (χ3n) is 3.99. The number of rotatable bonds is 3. The zero-order valence-electron chi connectivity index (χ0n) is 12.8. The summed E-state index contributed by atoms with van der Waals surface area (Å²) in [6.07, 6.45) is 5.99. The molecule has 4 heterocycles. The van der Waals surface area contributed by atoms with E-state index in [1.165, 1.54) is 6.42 Å². The highest BCUT2D eigenvalue weighted by atomic mass is 35.5. The van der Waals surface area contributed by atoms with Crippen molar-refractivity contribution in [1.82, 2.24) is 25.4 Å². The molecule has 7 nitrogen and oxygen atoms in total. The quantitative estimate of drug-likeness (QED) is 0.681. The van der Waals surface area contributed by atoms with Crippen LogP contribution in [0, 0.1) is 6.92 Å². The number of hydrogen-bond acceptors (Lipinski definition) is 6. The monoisotopic (exact) mass is 334 g/mol. The summed E-state index contributed by atoms with van der Waals surface area (Å²) in [6.45, 7) is 3.85. The van der Waals surface area contributed by atoms with Crippen LogP contribution in [-0.4, -0.2) is 39.2 Å². The van der Waals surface area contributed by atoms with E-state index in [1.54, 1.807) is 6.20 Å². The zero-order chi connectivity index (χ0) is 14.9. The Morgan fingerprint density at radius 2 is 2.30 bits per heavy atom. The molecule has 3 aromatic rings. The summed E-state index contributed by atoms with van der Waals surface area (Å²) < 4.78 is 5.34. The Kier molecular flexibility index (Phi) is 4.49. The van der Waals surface area contributed by atoms with Gasteiger partial charge in [0, 0.05) is 30.4 Å². The second kappa shape index (κ2) is 6.55. The molecule has 1 unspecified atom stereocenters. The van der Waals surface area contributed by atoms with E-state index in [0.717, 1.165) is 41.8 Å². The van der Waals surface area contributed by atoms with E-state index in [9.17, 15) is 0 Å². The number of aromatic nitrogens is 4. The molecular weight excluding hydrogens is 316 g/mol. The molecule has 4 rings (SSSR count). The maximum atomic E-state index is 5.34. The number of nitrogens with zero attached hydrogens (tertiary/aromatic N) is 3. The van der Waals surface area contributed by atoms with Crippen LogP contribution in [0.15, 0.2) is 23.0 Å². The number of hydrogen-bond donors (Lipinski definition) is 3. The second-order valence-electron chi connectivity index (χ2n) is 5.62. The van der Waals surface area contributed by atoms with E-state index < -0.39 is 0 Å². The van der Waals surface area contributed by atoms with Crippen LogP contribution in [-0.2, 0) is 0 Å². The molecule has 0 aromatic carbocycles. The minimum Gasteiger partial charge on any atom is -0.380 e. The summed E-state index contributed by atoms with van der Waals surface area (Å²) >= 11 is 0. The summed E-state index contributed by atoms with van der Waals surface area (Å²) in [5, 5.41) is 12.0. The second-order valence-corrected chi connectivity index (χ2v) is 5.62. The Labute approximate surface area is 139 Å². The van der Waals surface area contributed by atoms with Crippen LogP contribution < -0.4 is 10.6 Å². The van der Waals surface area contributed by atoms with Gasteiger partial charge in [0.05, 0.1) is 11.3 Å². The lowest BCUT2D eigenvalue weighted by Gasteiger charge is -2.25. The molecule has 0 aliphatic carbocycles. The number of halogens is 1. The van der Waals surface area contributed by atoms with Crippen molar-refractivity contribution in [1.29, 1.82) is 0 Å². The third kappa shape index (κ3) is 3.02. The molecule has 0 amide bonds. The van der Waals surface area contributed by atoms with E-state index >= 15 is 0 Å². The predicted octanol–water partition coefficient (Wildman–Crippen LogP) is 2.51. The van der Waals surface area contributed by atoms with Gasteiger partial charge in [-0.1, -0.05) is 5.16 Å². The fourth-order valence-corrected chi connectivity index (χ4v) is 2.91. The van der Waals surface area contributed by atoms with Gasteiger partial charge in [-0.15, -0.1) is 12.4 Å². The van der Waals surface area contributed by atoms with Crippen LogP contribution in [0.1, 0.15) is 18.7 Å². The summed E-state index contributed by atoms with van der Waals surface area (Å²) in [4.78, 5) is 11.9. The van der Waals surface area contributed by atoms with E-state index in [4.69, 9.17) is 4.52 Å². The largest absolute Gasteiger partial charge is 0.380 e. The van der Waals surface area contributed by atoms with Crippen molar-refractivity contribution in [2.75, 3.05) is 18.4 Å². The van der Waals surface area contributed by atoms with Gasteiger partial charge in [0.2, 0.25) is 0 Å². The lowest BCUT2D eigenvalue weighted by molar-refractivity contribution is 0.425. The highest BCUT2D eigenvalue weighted by Crippen LogP contribution is 2.33. The Bertz CT molecular complexity index is 792. The van der Waals surface area contributed by atoms with Crippen molar-refractivity contribution in [2.24, 2.45) is 0 Å². The molecular formula is C15H19ClN6O. The Morgan fingerprint density at radius 1 is 1.39 bits per heavy atom. The van der Waals surface area contributed by atoms with E-state index in [1.807, 2.05) is 19.2 Å². The van der Waals surface area contributed by atoms with Gasteiger partial charge in [0.15, 0.2) is 5.82 Å². The van der Waals surface area contributed by atoms with Gasteiger partial charge >= 0.3 is 0 Å². The van der Waals surface area contributed by atoms with Crippen LogP contribution in [0.25, 0.3) is 22.5 Å². The molecule has 1 fully saturated rings. The molecule has 0 radical (unpaired) electrons. The average Bonchev–Trinajstić information content (AvgIpc) is 3.17. The Hall–Kier alpha value is -2.12. The molecule has 0 saturated carbocycles. The molecule has 1 saturated heterocycles. The number of pyridine rings is 1. The number of aromatic amines is 1. The van der Waals surface area contributed by atoms with Gasteiger partial charge in [0.25, 0.3) is 5.89 Å².